The van der Waals surface area contributed by atoms with Gasteiger partial charge in [-0.1, -0.05) is 0 Å². The summed E-state index contributed by atoms with van der Waals surface area (Å²) in [6.45, 7) is 1.64. The molecule has 6 heteroatoms. The predicted octanol–water partition coefficient (Wildman–Crippen LogP) is 1.93. The van der Waals surface area contributed by atoms with Crippen LogP contribution in [0.3, 0.4) is 0 Å². The molecule has 19 heavy (non-hydrogen) atoms. The molecular formula is C13H11IN2O3. The van der Waals surface area contributed by atoms with Crippen LogP contribution in [0.5, 0.6) is 0 Å². The summed E-state index contributed by atoms with van der Waals surface area (Å²) in [5.41, 5.74) is 0.595. The minimum Gasteiger partial charge on any atom is -0.464 e. The molecule has 0 aliphatic heterocycles. The van der Waals surface area contributed by atoms with Crippen LogP contribution < -0.4 is 5.43 Å². The second-order valence-electron chi connectivity index (χ2n) is 3.90. The van der Waals surface area contributed by atoms with E-state index in [2.05, 4.69) is 32.4 Å². The Hall–Kier alpha value is -1.70. The number of halogens is 1. The number of hydrogen-bond donors (Lipinski definition) is 0. The zero-order valence-electron chi connectivity index (χ0n) is 10.4. The Balaban J connectivity index is 2.59. The Morgan fingerprint density at radius 2 is 1.95 bits per heavy atom. The first-order valence-electron chi connectivity index (χ1n) is 5.48. The number of rotatable bonds is 2. The highest BCUT2D eigenvalue weighted by molar-refractivity contribution is 14.1. The van der Waals surface area contributed by atoms with E-state index >= 15 is 0 Å². The van der Waals surface area contributed by atoms with E-state index < -0.39 is 11.4 Å². The summed E-state index contributed by atoms with van der Waals surface area (Å²) in [5, 5.41) is 4.03. The monoisotopic (exact) mass is 370 g/mol. The molecule has 0 aliphatic carbocycles. The van der Waals surface area contributed by atoms with Crippen molar-refractivity contribution in [3.8, 4) is 5.69 Å². The maximum absolute atomic E-state index is 11.8. The summed E-state index contributed by atoms with van der Waals surface area (Å²) in [4.78, 5) is 23.4. The van der Waals surface area contributed by atoms with E-state index in [1.165, 1.54) is 11.8 Å². The van der Waals surface area contributed by atoms with E-state index in [0.717, 1.165) is 9.26 Å². The van der Waals surface area contributed by atoms with Crippen LogP contribution in [-0.4, -0.2) is 22.9 Å². The van der Waals surface area contributed by atoms with Crippen LogP contribution in [0, 0.1) is 10.5 Å². The predicted molar refractivity (Wildman–Crippen MR) is 78.6 cm³/mol. The minimum atomic E-state index is -0.729. The average Bonchev–Trinajstić information content (AvgIpc) is 2.41. The SMILES string of the molecule is COC(=O)c1nn(-c2ccc(I)cc2)cc(C)c1=O. The second-order valence-corrected chi connectivity index (χ2v) is 5.15. The van der Waals surface area contributed by atoms with Crippen LogP contribution in [0.1, 0.15) is 16.1 Å². The molecule has 0 atom stereocenters. The number of aromatic nitrogens is 2. The van der Waals surface area contributed by atoms with E-state index in [-0.39, 0.29) is 5.69 Å². The van der Waals surface area contributed by atoms with Crippen LogP contribution in [0.15, 0.2) is 35.3 Å². The third kappa shape index (κ3) is 2.83. The van der Waals surface area contributed by atoms with Crippen LogP contribution >= 0.6 is 22.6 Å². The number of benzene rings is 1. The highest BCUT2D eigenvalue weighted by Gasteiger charge is 2.15. The Kier molecular flexibility index (Phi) is 3.98. The van der Waals surface area contributed by atoms with Crippen molar-refractivity contribution in [3.05, 3.63) is 55.5 Å². The van der Waals surface area contributed by atoms with Crippen molar-refractivity contribution in [1.82, 2.24) is 9.78 Å². The molecule has 0 amide bonds. The number of nitrogens with zero attached hydrogens (tertiary/aromatic N) is 2. The standard InChI is InChI=1S/C13H11IN2O3/c1-8-7-16(10-5-3-9(14)4-6-10)15-11(12(8)17)13(18)19-2/h3-7H,1-2H3. The van der Waals surface area contributed by atoms with Crippen molar-refractivity contribution < 1.29 is 9.53 Å². The number of esters is 1. The van der Waals surface area contributed by atoms with Crippen LogP contribution in [0.4, 0.5) is 0 Å². The third-order valence-electron chi connectivity index (χ3n) is 2.57. The van der Waals surface area contributed by atoms with E-state index in [4.69, 9.17) is 0 Å². The second kappa shape index (κ2) is 5.52. The van der Waals surface area contributed by atoms with E-state index in [1.54, 1.807) is 13.1 Å². The fraction of sp³-hybridized carbons (Fsp3) is 0.154. The highest BCUT2D eigenvalue weighted by atomic mass is 127. The van der Waals surface area contributed by atoms with E-state index in [0.29, 0.717) is 5.56 Å². The van der Waals surface area contributed by atoms with Gasteiger partial charge in [0.1, 0.15) is 0 Å². The Bertz CT molecular complexity index is 677. The van der Waals surface area contributed by atoms with Gasteiger partial charge < -0.3 is 4.74 Å². The van der Waals surface area contributed by atoms with Crippen LogP contribution in [-0.2, 0) is 4.74 Å². The molecule has 0 N–H and O–H groups in total. The number of hydrogen-bond acceptors (Lipinski definition) is 4. The van der Waals surface area contributed by atoms with Crippen molar-refractivity contribution >= 4 is 28.6 Å². The van der Waals surface area contributed by atoms with Gasteiger partial charge in [-0.15, -0.1) is 0 Å². The van der Waals surface area contributed by atoms with Gasteiger partial charge >= 0.3 is 5.97 Å². The summed E-state index contributed by atoms with van der Waals surface area (Å²) in [5.74, 6) is -0.729. The molecule has 2 aromatic rings. The molecule has 5 nitrogen and oxygen atoms in total. The molecule has 0 fully saturated rings. The molecule has 0 unspecified atom stereocenters. The largest absolute Gasteiger partial charge is 0.464 e. The Morgan fingerprint density at radius 1 is 1.32 bits per heavy atom. The van der Waals surface area contributed by atoms with Crippen molar-refractivity contribution in [2.45, 2.75) is 6.92 Å². The number of methoxy groups -OCH3 is 1. The van der Waals surface area contributed by atoms with Gasteiger partial charge in [-0.25, -0.2) is 9.48 Å². The quantitative estimate of drug-likeness (QED) is 0.599. The molecule has 0 radical (unpaired) electrons. The summed E-state index contributed by atoms with van der Waals surface area (Å²) in [6, 6.07) is 7.56. The smallest absolute Gasteiger partial charge is 0.362 e. The summed E-state index contributed by atoms with van der Waals surface area (Å²) >= 11 is 2.20. The first-order chi connectivity index (χ1) is 9.02. The first kappa shape index (κ1) is 13.7. The van der Waals surface area contributed by atoms with Crippen molar-refractivity contribution in [2.24, 2.45) is 0 Å². The van der Waals surface area contributed by atoms with Gasteiger partial charge in [0.15, 0.2) is 0 Å². The lowest BCUT2D eigenvalue weighted by molar-refractivity contribution is 0.0590. The molecular weight excluding hydrogens is 359 g/mol. The zero-order chi connectivity index (χ0) is 14.0. The van der Waals surface area contributed by atoms with Crippen molar-refractivity contribution in [2.75, 3.05) is 7.11 Å². The Labute approximate surface area is 123 Å². The molecule has 1 aromatic heterocycles. The Morgan fingerprint density at radius 3 is 2.53 bits per heavy atom. The van der Waals surface area contributed by atoms with Gasteiger partial charge in [-0.05, 0) is 53.8 Å². The molecule has 2 rings (SSSR count). The molecule has 0 aliphatic rings. The van der Waals surface area contributed by atoms with Gasteiger partial charge in [0.2, 0.25) is 11.1 Å². The zero-order valence-corrected chi connectivity index (χ0v) is 12.5. The summed E-state index contributed by atoms with van der Waals surface area (Å²) in [6.07, 6.45) is 1.59. The fourth-order valence-electron chi connectivity index (χ4n) is 1.57. The molecule has 0 spiro atoms. The maximum Gasteiger partial charge on any atom is 0.362 e. The van der Waals surface area contributed by atoms with Crippen LogP contribution in [0.2, 0.25) is 0 Å². The summed E-state index contributed by atoms with van der Waals surface area (Å²) < 4.78 is 7.16. The molecule has 1 aromatic carbocycles. The fourth-order valence-corrected chi connectivity index (χ4v) is 1.93. The molecule has 0 bridgehead atoms. The van der Waals surface area contributed by atoms with Crippen LogP contribution in [0.25, 0.3) is 5.69 Å². The summed E-state index contributed by atoms with van der Waals surface area (Å²) in [7, 11) is 1.22. The van der Waals surface area contributed by atoms with Gasteiger partial charge in [-0.3, -0.25) is 4.79 Å². The topological polar surface area (TPSA) is 61.2 Å². The molecule has 98 valence electrons. The van der Waals surface area contributed by atoms with Gasteiger partial charge in [0, 0.05) is 15.3 Å². The number of ether oxygens (including phenoxy) is 1. The maximum atomic E-state index is 11.8. The molecule has 0 saturated carbocycles. The van der Waals surface area contributed by atoms with Gasteiger partial charge in [0.25, 0.3) is 0 Å². The lowest BCUT2D eigenvalue weighted by atomic mass is 10.2. The normalized spacial score (nSPS) is 10.3. The van der Waals surface area contributed by atoms with E-state index in [9.17, 15) is 9.59 Å². The lowest BCUT2D eigenvalue weighted by Crippen LogP contribution is -2.24. The first-order valence-corrected chi connectivity index (χ1v) is 6.55. The van der Waals surface area contributed by atoms with Crippen molar-refractivity contribution in [1.29, 1.82) is 0 Å². The third-order valence-corrected chi connectivity index (χ3v) is 3.29. The molecule has 0 saturated heterocycles. The van der Waals surface area contributed by atoms with Gasteiger partial charge in [-0.2, -0.15) is 5.10 Å². The van der Waals surface area contributed by atoms with E-state index in [1.807, 2.05) is 24.3 Å². The molecule has 1 heterocycles. The number of aryl methyl sites for hydroxylation is 1. The van der Waals surface area contributed by atoms with Gasteiger partial charge in [0.05, 0.1) is 12.8 Å². The van der Waals surface area contributed by atoms with Crippen molar-refractivity contribution in [3.63, 3.8) is 0 Å². The average molecular weight is 370 g/mol. The number of carbonyl (C=O) groups excluding carboxylic acids is 1. The lowest BCUT2D eigenvalue weighted by Gasteiger charge is -2.08. The highest BCUT2D eigenvalue weighted by Crippen LogP contribution is 2.10. The number of carbonyl (C=O) groups is 1. The minimum absolute atomic E-state index is 0.207.